The Balaban J connectivity index is 1.39. The van der Waals surface area contributed by atoms with Crippen LogP contribution in [-0.2, 0) is 20.7 Å². The molecule has 2 saturated heterocycles. The van der Waals surface area contributed by atoms with E-state index in [0.29, 0.717) is 32.8 Å². The molecule has 1 aromatic carbocycles. The zero-order chi connectivity index (χ0) is 19.0. The van der Waals surface area contributed by atoms with E-state index >= 15 is 0 Å². The van der Waals surface area contributed by atoms with Gasteiger partial charge in [0.05, 0.1) is 6.42 Å². The number of nitrogens with zero attached hydrogens (tertiary/aromatic N) is 2. The number of fused-ring (bicyclic) bond motifs is 1. The van der Waals surface area contributed by atoms with Crippen molar-refractivity contribution in [2.75, 3.05) is 32.8 Å². The van der Waals surface area contributed by atoms with Gasteiger partial charge in [0.1, 0.15) is 11.9 Å². The molecule has 27 heavy (non-hydrogen) atoms. The van der Waals surface area contributed by atoms with E-state index in [-0.39, 0.29) is 30.2 Å². The van der Waals surface area contributed by atoms with Crippen molar-refractivity contribution in [1.29, 1.82) is 0 Å². The van der Waals surface area contributed by atoms with Gasteiger partial charge in [0.25, 0.3) is 5.91 Å². The van der Waals surface area contributed by atoms with Crippen molar-refractivity contribution in [2.24, 2.45) is 0 Å². The van der Waals surface area contributed by atoms with Gasteiger partial charge in [-0.2, -0.15) is 0 Å². The van der Waals surface area contributed by atoms with E-state index in [1.807, 2.05) is 6.92 Å². The third-order valence-corrected chi connectivity index (χ3v) is 5.56. The lowest BCUT2D eigenvalue weighted by atomic mass is 10.1. The largest absolute Gasteiger partial charge is 0.368 e. The zero-order valence-electron chi connectivity index (χ0n) is 15.5. The van der Waals surface area contributed by atoms with E-state index in [0.717, 1.165) is 35.0 Å². The number of aromatic nitrogens is 1. The van der Waals surface area contributed by atoms with Crippen LogP contribution in [0.3, 0.4) is 0 Å². The van der Waals surface area contributed by atoms with Crippen molar-refractivity contribution in [3.63, 3.8) is 0 Å². The lowest BCUT2D eigenvalue weighted by Gasteiger charge is -2.35. The Morgan fingerprint density at radius 3 is 2.67 bits per heavy atom. The number of halogens is 1. The normalized spacial score (nSPS) is 20.4. The number of hydrogen-bond donors (Lipinski definition) is 1. The summed E-state index contributed by atoms with van der Waals surface area (Å²) in [4.78, 5) is 32.0. The molecule has 0 radical (unpaired) electrons. The minimum Gasteiger partial charge on any atom is -0.368 e. The second-order valence-corrected chi connectivity index (χ2v) is 7.30. The van der Waals surface area contributed by atoms with Gasteiger partial charge in [-0.05, 0) is 43.5 Å². The zero-order valence-corrected chi connectivity index (χ0v) is 15.5. The highest BCUT2D eigenvalue weighted by Gasteiger charge is 2.31. The highest BCUT2D eigenvalue weighted by atomic mass is 19.1. The van der Waals surface area contributed by atoms with Crippen molar-refractivity contribution in [2.45, 2.75) is 32.3 Å². The monoisotopic (exact) mass is 373 g/mol. The molecule has 2 aliphatic rings. The summed E-state index contributed by atoms with van der Waals surface area (Å²) in [5.74, 6) is -0.258. The molecule has 2 aliphatic heterocycles. The number of aromatic amines is 1. The van der Waals surface area contributed by atoms with Crippen molar-refractivity contribution in [3.8, 4) is 0 Å². The lowest BCUT2D eigenvalue weighted by Crippen LogP contribution is -2.53. The number of H-pyrrole nitrogens is 1. The fraction of sp³-hybridized carbons (Fsp3) is 0.500. The Morgan fingerprint density at radius 2 is 1.96 bits per heavy atom. The summed E-state index contributed by atoms with van der Waals surface area (Å²) in [6, 6.07) is 4.58. The number of aryl methyl sites for hydroxylation is 1. The average molecular weight is 373 g/mol. The van der Waals surface area contributed by atoms with Crippen molar-refractivity contribution in [1.82, 2.24) is 14.8 Å². The first-order valence-corrected chi connectivity index (χ1v) is 9.48. The maximum absolute atomic E-state index is 13.6. The minimum absolute atomic E-state index is 0.00692. The van der Waals surface area contributed by atoms with Gasteiger partial charge in [-0.1, -0.05) is 0 Å². The molecule has 6 nitrogen and oxygen atoms in total. The van der Waals surface area contributed by atoms with Crippen LogP contribution < -0.4 is 0 Å². The molecule has 2 amide bonds. The van der Waals surface area contributed by atoms with Crippen LogP contribution in [0.15, 0.2) is 18.2 Å². The second-order valence-electron chi connectivity index (χ2n) is 7.30. The number of hydrogen-bond acceptors (Lipinski definition) is 3. The molecule has 0 bridgehead atoms. The van der Waals surface area contributed by atoms with E-state index in [2.05, 4.69) is 4.98 Å². The smallest absolute Gasteiger partial charge is 0.251 e. The molecule has 1 atom stereocenters. The molecule has 1 aromatic heterocycles. The van der Waals surface area contributed by atoms with Crippen LogP contribution >= 0.6 is 0 Å². The van der Waals surface area contributed by atoms with E-state index in [4.69, 9.17) is 4.74 Å². The van der Waals surface area contributed by atoms with Crippen molar-refractivity contribution in [3.05, 3.63) is 35.3 Å². The van der Waals surface area contributed by atoms with E-state index in [1.165, 1.54) is 12.1 Å². The highest BCUT2D eigenvalue weighted by Crippen LogP contribution is 2.24. The number of rotatable bonds is 3. The molecule has 0 spiro atoms. The third-order valence-electron chi connectivity index (χ3n) is 5.56. The van der Waals surface area contributed by atoms with Crippen molar-refractivity contribution >= 4 is 22.7 Å². The first kappa shape index (κ1) is 18.0. The number of amides is 2. The quantitative estimate of drug-likeness (QED) is 0.895. The van der Waals surface area contributed by atoms with E-state index in [1.54, 1.807) is 15.9 Å². The number of carbonyl (C=O) groups excluding carboxylic acids is 2. The van der Waals surface area contributed by atoms with Crippen LogP contribution in [0.2, 0.25) is 0 Å². The molecule has 144 valence electrons. The van der Waals surface area contributed by atoms with Gasteiger partial charge < -0.3 is 19.5 Å². The highest BCUT2D eigenvalue weighted by molar-refractivity contribution is 5.90. The van der Waals surface area contributed by atoms with Crippen LogP contribution in [0.4, 0.5) is 4.39 Å². The molecule has 4 rings (SSSR count). The first-order valence-electron chi connectivity index (χ1n) is 9.48. The molecule has 0 unspecified atom stereocenters. The van der Waals surface area contributed by atoms with Gasteiger partial charge in [0, 0.05) is 49.4 Å². The molecule has 1 N–H and O–H groups in total. The molecular weight excluding hydrogens is 349 g/mol. The van der Waals surface area contributed by atoms with Gasteiger partial charge in [0.2, 0.25) is 5.91 Å². The Morgan fingerprint density at radius 1 is 1.22 bits per heavy atom. The van der Waals surface area contributed by atoms with E-state index in [9.17, 15) is 14.0 Å². The third kappa shape index (κ3) is 3.56. The summed E-state index contributed by atoms with van der Waals surface area (Å²) in [6.07, 6.45) is 1.64. The van der Waals surface area contributed by atoms with Crippen LogP contribution in [0.25, 0.3) is 10.9 Å². The number of nitrogens with one attached hydrogen (secondary N) is 1. The number of carbonyl (C=O) groups is 2. The summed E-state index contributed by atoms with van der Waals surface area (Å²) < 4.78 is 19.1. The predicted octanol–water partition coefficient (Wildman–Crippen LogP) is 2.01. The Labute approximate surface area is 157 Å². The van der Waals surface area contributed by atoms with Gasteiger partial charge in [-0.25, -0.2) is 4.39 Å². The average Bonchev–Trinajstić information content (AvgIpc) is 3.30. The van der Waals surface area contributed by atoms with Gasteiger partial charge in [-0.3, -0.25) is 9.59 Å². The standard InChI is InChI=1S/C20H24FN3O3/c1-13-15(16-11-14(21)4-5-17(16)22-13)12-19(25)23-6-8-24(9-7-23)20(26)18-3-2-10-27-18/h4-5,11,18,22H,2-3,6-10,12H2,1H3/t18-/m1/s1. The molecule has 0 aliphatic carbocycles. The fourth-order valence-corrected chi connectivity index (χ4v) is 4.00. The lowest BCUT2D eigenvalue weighted by molar-refractivity contribution is -0.145. The van der Waals surface area contributed by atoms with Crippen LogP contribution in [-0.4, -0.2) is 65.5 Å². The van der Waals surface area contributed by atoms with Crippen LogP contribution in [0.1, 0.15) is 24.1 Å². The predicted molar refractivity (Wildman–Crippen MR) is 98.8 cm³/mol. The minimum atomic E-state index is -0.309. The molecule has 7 heteroatoms. The maximum Gasteiger partial charge on any atom is 0.251 e. The fourth-order valence-electron chi connectivity index (χ4n) is 4.00. The molecular formula is C20H24FN3O3. The number of ether oxygens (including phenoxy) is 1. The SMILES string of the molecule is Cc1[nH]c2ccc(F)cc2c1CC(=O)N1CCN(C(=O)[C@H]2CCCO2)CC1. The number of piperazine rings is 1. The van der Waals surface area contributed by atoms with Gasteiger partial charge in [0.15, 0.2) is 0 Å². The summed E-state index contributed by atoms with van der Waals surface area (Å²) in [6.45, 7) is 4.66. The molecule has 2 fully saturated rings. The summed E-state index contributed by atoms with van der Waals surface area (Å²) >= 11 is 0. The van der Waals surface area contributed by atoms with Gasteiger partial charge in [-0.15, -0.1) is 0 Å². The van der Waals surface area contributed by atoms with Crippen LogP contribution in [0.5, 0.6) is 0 Å². The molecule has 0 saturated carbocycles. The summed E-state index contributed by atoms with van der Waals surface area (Å²) in [7, 11) is 0. The Kier molecular flexibility index (Phi) is 4.86. The van der Waals surface area contributed by atoms with Gasteiger partial charge >= 0.3 is 0 Å². The van der Waals surface area contributed by atoms with E-state index < -0.39 is 0 Å². The first-order chi connectivity index (χ1) is 13.0. The molecule has 3 heterocycles. The van der Waals surface area contributed by atoms with Crippen molar-refractivity contribution < 1.29 is 18.7 Å². The Hall–Kier alpha value is -2.41. The number of benzene rings is 1. The summed E-state index contributed by atoms with van der Waals surface area (Å²) in [5.41, 5.74) is 2.56. The second kappa shape index (κ2) is 7.31. The Bertz CT molecular complexity index is 865. The molecule has 2 aromatic rings. The maximum atomic E-state index is 13.6. The topological polar surface area (TPSA) is 65.6 Å². The summed E-state index contributed by atoms with van der Waals surface area (Å²) in [5, 5.41) is 0.757. The van der Waals surface area contributed by atoms with Crippen LogP contribution in [0, 0.1) is 12.7 Å².